The van der Waals surface area contributed by atoms with Crippen LogP contribution in [0.4, 0.5) is 11.5 Å². The molecule has 7 nitrogen and oxygen atoms in total. The van der Waals surface area contributed by atoms with Gasteiger partial charge in [0.05, 0.1) is 11.9 Å². The number of nitrogen functional groups attached to an aromatic ring is 1. The van der Waals surface area contributed by atoms with Crippen LogP contribution in [0.25, 0.3) is 22.5 Å². The molecule has 5 rings (SSSR count). The second-order valence-corrected chi connectivity index (χ2v) is 9.54. The van der Waals surface area contributed by atoms with Gasteiger partial charge in [0, 0.05) is 60.6 Å². The van der Waals surface area contributed by atoms with Gasteiger partial charge in [0.25, 0.3) is 5.91 Å². The summed E-state index contributed by atoms with van der Waals surface area (Å²) < 4.78 is 0. The Morgan fingerprint density at radius 3 is 2.59 bits per heavy atom. The van der Waals surface area contributed by atoms with Gasteiger partial charge >= 0.3 is 0 Å². The molecule has 3 N–H and O–H groups in total. The number of anilines is 2. The highest BCUT2D eigenvalue weighted by Crippen LogP contribution is 2.30. The molecule has 0 radical (unpaired) electrons. The fraction of sp³-hybridized carbons (Fsp3) is 0.370. The second-order valence-electron chi connectivity index (χ2n) is 9.54. The normalized spacial score (nSPS) is 18.6. The fourth-order valence-corrected chi connectivity index (χ4v) is 4.99. The SMILES string of the molecule is CC(C)N1CCN(c2ccc(-c3cnc(N)c(-c4ccc5c(c4)CCNC5=O)n3)cc2)[C@H](C)C1. The molecule has 0 bridgehead atoms. The van der Waals surface area contributed by atoms with Crippen molar-refractivity contribution in [1.29, 1.82) is 0 Å². The fourth-order valence-electron chi connectivity index (χ4n) is 4.99. The standard InChI is InChI=1S/C27H32N6O/c1-17(2)32-12-13-33(18(3)16-32)22-7-4-19(5-8-22)24-15-30-26(28)25(31-24)21-6-9-23-20(14-21)10-11-29-27(23)34/h4-9,14-15,17-18H,10-13,16H2,1-3H3,(H2,28,30)(H,29,34)/t18-/m1/s1. The summed E-state index contributed by atoms with van der Waals surface area (Å²) in [5, 5.41) is 2.88. The number of hydrogen-bond donors (Lipinski definition) is 2. The Morgan fingerprint density at radius 2 is 1.85 bits per heavy atom. The van der Waals surface area contributed by atoms with Gasteiger partial charge in [0.2, 0.25) is 0 Å². The molecule has 0 saturated carbocycles. The molecule has 2 aromatic carbocycles. The zero-order valence-electron chi connectivity index (χ0n) is 20.1. The lowest BCUT2D eigenvalue weighted by molar-refractivity contribution is 0.0946. The van der Waals surface area contributed by atoms with Gasteiger partial charge in [-0.05, 0) is 57.0 Å². The Bertz CT molecular complexity index is 1210. The van der Waals surface area contributed by atoms with E-state index in [9.17, 15) is 4.79 Å². The first kappa shape index (κ1) is 22.3. The number of hydrogen-bond acceptors (Lipinski definition) is 6. The first-order valence-corrected chi connectivity index (χ1v) is 12.1. The summed E-state index contributed by atoms with van der Waals surface area (Å²) in [6.45, 7) is 10.7. The molecule has 0 spiro atoms. The van der Waals surface area contributed by atoms with Gasteiger partial charge in [0.15, 0.2) is 0 Å². The summed E-state index contributed by atoms with van der Waals surface area (Å²) >= 11 is 0. The number of rotatable bonds is 4. The van der Waals surface area contributed by atoms with Crippen LogP contribution in [0, 0.1) is 0 Å². The number of aromatic nitrogens is 2. The summed E-state index contributed by atoms with van der Waals surface area (Å²) in [6.07, 6.45) is 2.52. The van der Waals surface area contributed by atoms with E-state index >= 15 is 0 Å². The van der Waals surface area contributed by atoms with Crippen LogP contribution in [0.15, 0.2) is 48.7 Å². The molecule has 1 atom stereocenters. The number of carbonyl (C=O) groups excluding carboxylic acids is 1. The van der Waals surface area contributed by atoms with Crippen molar-refractivity contribution in [2.45, 2.75) is 39.3 Å². The third-order valence-electron chi connectivity index (χ3n) is 6.99. The van der Waals surface area contributed by atoms with Crippen molar-refractivity contribution in [2.24, 2.45) is 0 Å². The predicted molar refractivity (Wildman–Crippen MR) is 137 cm³/mol. The van der Waals surface area contributed by atoms with Crippen molar-refractivity contribution < 1.29 is 4.79 Å². The van der Waals surface area contributed by atoms with Crippen LogP contribution in [0.2, 0.25) is 0 Å². The maximum atomic E-state index is 12.1. The number of fused-ring (bicyclic) bond motifs is 1. The van der Waals surface area contributed by atoms with Gasteiger partial charge in [-0.2, -0.15) is 0 Å². The molecular formula is C27H32N6O. The molecular weight excluding hydrogens is 424 g/mol. The Labute approximate surface area is 201 Å². The Kier molecular flexibility index (Phi) is 5.96. The minimum absolute atomic E-state index is 0.0272. The summed E-state index contributed by atoms with van der Waals surface area (Å²) in [6, 6.07) is 15.4. The van der Waals surface area contributed by atoms with Crippen LogP contribution in [0.1, 0.15) is 36.7 Å². The zero-order chi connectivity index (χ0) is 23.8. The molecule has 0 aliphatic carbocycles. The molecule has 1 saturated heterocycles. The summed E-state index contributed by atoms with van der Waals surface area (Å²) in [5.41, 5.74) is 12.5. The van der Waals surface area contributed by atoms with E-state index in [1.165, 1.54) is 5.69 Å². The van der Waals surface area contributed by atoms with Gasteiger partial charge in [-0.1, -0.05) is 18.2 Å². The van der Waals surface area contributed by atoms with Crippen LogP contribution in [-0.2, 0) is 6.42 Å². The molecule has 3 heterocycles. The van der Waals surface area contributed by atoms with Crippen molar-refractivity contribution in [3.05, 3.63) is 59.8 Å². The van der Waals surface area contributed by atoms with Crippen molar-refractivity contribution in [3.8, 4) is 22.5 Å². The van der Waals surface area contributed by atoms with Crippen LogP contribution < -0.4 is 16.0 Å². The molecule has 0 unspecified atom stereocenters. The average Bonchev–Trinajstić information content (AvgIpc) is 2.84. The van der Waals surface area contributed by atoms with E-state index in [1.54, 1.807) is 6.20 Å². The van der Waals surface area contributed by atoms with E-state index in [1.807, 2.05) is 18.2 Å². The average molecular weight is 457 g/mol. The quantitative estimate of drug-likeness (QED) is 0.624. The van der Waals surface area contributed by atoms with E-state index in [4.69, 9.17) is 10.7 Å². The van der Waals surface area contributed by atoms with Gasteiger partial charge in [0.1, 0.15) is 11.5 Å². The third kappa shape index (κ3) is 4.23. The van der Waals surface area contributed by atoms with Crippen LogP contribution in [0.3, 0.4) is 0 Å². The van der Waals surface area contributed by atoms with E-state index in [0.717, 1.165) is 54.0 Å². The van der Waals surface area contributed by atoms with Crippen molar-refractivity contribution in [3.63, 3.8) is 0 Å². The lowest BCUT2D eigenvalue weighted by atomic mass is 9.96. The monoisotopic (exact) mass is 456 g/mol. The van der Waals surface area contributed by atoms with E-state index in [2.05, 4.69) is 65.1 Å². The number of piperazine rings is 1. The summed E-state index contributed by atoms with van der Waals surface area (Å²) in [5.74, 6) is 0.359. The maximum Gasteiger partial charge on any atom is 0.251 e. The van der Waals surface area contributed by atoms with Crippen LogP contribution >= 0.6 is 0 Å². The first-order chi connectivity index (χ1) is 16.4. The highest BCUT2D eigenvalue weighted by atomic mass is 16.1. The second kappa shape index (κ2) is 9.06. The summed E-state index contributed by atoms with van der Waals surface area (Å²) in [7, 11) is 0. The molecule has 7 heteroatoms. The number of nitrogens with two attached hydrogens (primary N) is 1. The van der Waals surface area contributed by atoms with Crippen molar-refractivity contribution >= 4 is 17.4 Å². The van der Waals surface area contributed by atoms with Gasteiger partial charge in [-0.3, -0.25) is 9.69 Å². The minimum Gasteiger partial charge on any atom is -0.382 e. The van der Waals surface area contributed by atoms with Gasteiger partial charge in [-0.25, -0.2) is 9.97 Å². The van der Waals surface area contributed by atoms with Crippen molar-refractivity contribution in [1.82, 2.24) is 20.2 Å². The third-order valence-corrected chi connectivity index (χ3v) is 6.99. The van der Waals surface area contributed by atoms with Gasteiger partial charge in [-0.15, -0.1) is 0 Å². The molecule has 3 aromatic rings. The van der Waals surface area contributed by atoms with Crippen LogP contribution in [0.5, 0.6) is 0 Å². The highest BCUT2D eigenvalue weighted by molar-refractivity contribution is 5.97. The number of carbonyl (C=O) groups is 1. The van der Waals surface area contributed by atoms with E-state index < -0.39 is 0 Å². The lowest BCUT2D eigenvalue weighted by Gasteiger charge is -2.43. The number of nitrogens with zero attached hydrogens (tertiary/aromatic N) is 4. The van der Waals surface area contributed by atoms with E-state index in [0.29, 0.717) is 30.1 Å². The number of benzene rings is 2. The molecule has 1 fully saturated rings. The predicted octanol–water partition coefficient (Wildman–Crippen LogP) is 3.60. The Morgan fingerprint density at radius 1 is 1.09 bits per heavy atom. The Balaban J connectivity index is 1.39. The van der Waals surface area contributed by atoms with Crippen LogP contribution in [-0.4, -0.2) is 59.0 Å². The smallest absolute Gasteiger partial charge is 0.251 e. The minimum atomic E-state index is -0.0272. The highest BCUT2D eigenvalue weighted by Gasteiger charge is 2.25. The molecule has 34 heavy (non-hydrogen) atoms. The summed E-state index contributed by atoms with van der Waals surface area (Å²) in [4.78, 5) is 26.4. The topological polar surface area (TPSA) is 87.4 Å². The zero-order valence-corrected chi connectivity index (χ0v) is 20.1. The molecule has 2 aliphatic heterocycles. The number of nitrogens with one attached hydrogen (secondary N) is 1. The number of amides is 1. The lowest BCUT2D eigenvalue weighted by Crippen LogP contribution is -2.53. The van der Waals surface area contributed by atoms with E-state index in [-0.39, 0.29) is 5.91 Å². The largest absolute Gasteiger partial charge is 0.382 e. The van der Waals surface area contributed by atoms with Crippen molar-refractivity contribution in [2.75, 3.05) is 36.8 Å². The molecule has 2 aliphatic rings. The maximum absolute atomic E-state index is 12.1. The molecule has 1 amide bonds. The Hall–Kier alpha value is -3.45. The first-order valence-electron chi connectivity index (χ1n) is 12.1. The van der Waals surface area contributed by atoms with Gasteiger partial charge < -0.3 is 16.0 Å². The molecule has 176 valence electrons. The molecule has 1 aromatic heterocycles.